The minimum Gasteiger partial charge on any atom is -0.481 e. The van der Waals surface area contributed by atoms with E-state index in [4.69, 9.17) is 9.47 Å². The Balaban J connectivity index is 1.79. The molecule has 0 saturated carbocycles. The van der Waals surface area contributed by atoms with Crippen molar-refractivity contribution in [3.8, 4) is 11.5 Å². The maximum Gasteiger partial charge on any atom is 0.307 e. The summed E-state index contributed by atoms with van der Waals surface area (Å²) in [5.74, 6) is -1.23. The van der Waals surface area contributed by atoms with Crippen molar-refractivity contribution in [1.29, 1.82) is 0 Å². The number of rotatable bonds is 3. The Morgan fingerprint density at radius 3 is 2.45 bits per heavy atom. The summed E-state index contributed by atoms with van der Waals surface area (Å²) in [5, 5.41) is 12.1. The van der Waals surface area contributed by atoms with Crippen LogP contribution in [0.3, 0.4) is 0 Å². The summed E-state index contributed by atoms with van der Waals surface area (Å²) in [7, 11) is 0. The van der Waals surface area contributed by atoms with Gasteiger partial charge in [0.05, 0.1) is 11.8 Å². The lowest BCUT2D eigenvalue weighted by Gasteiger charge is -2.24. The fraction of sp³-hybridized carbons (Fsp3) is 0.375. The van der Waals surface area contributed by atoms with Gasteiger partial charge >= 0.3 is 5.97 Å². The maximum atomic E-state index is 12.5. The van der Waals surface area contributed by atoms with Crippen LogP contribution >= 0.6 is 0 Å². The molecule has 1 aromatic carbocycles. The maximum absolute atomic E-state index is 12.5. The Morgan fingerprint density at radius 1 is 1.14 bits per heavy atom. The SMILES string of the molecule is Cc1cc2c(cc1NC(=O)C1CC=CCC1C(=O)O)OCO2. The number of aliphatic carboxylic acids is 1. The number of fused-ring (bicyclic) bond motifs is 1. The molecule has 6 heteroatoms. The van der Waals surface area contributed by atoms with Gasteiger partial charge < -0.3 is 19.9 Å². The van der Waals surface area contributed by atoms with Gasteiger partial charge in [0.25, 0.3) is 0 Å². The van der Waals surface area contributed by atoms with E-state index in [1.807, 2.05) is 19.1 Å². The van der Waals surface area contributed by atoms with Crippen molar-refractivity contribution in [3.63, 3.8) is 0 Å². The molecular formula is C16H17NO5. The molecule has 0 fully saturated rings. The molecule has 0 aromatic heterocycles. The van der Waals surface area contributed by atoms with Crippen molar-refractivity contribution in [2.45, 2.75) is 19.8 Å². The van der Waals surface area contributed by atoms with Gasteiger partial charge in [-0.25, -0.2) is 0 Å². The first kappa shape index (κ1) is 14.4. The number of carboxylic acid groups (broad SMARTS) is 1. The molecule has 0 saturated heterocycles. The number of benzene rings is 1. The molecular weight excluding hydrogens is 286 g/mol. The van der Waals surface area contributed by atoms with E-state index in [0.29, 0.717) is 30.0 Å². The molecule has 2 unspecified atom stereocenters. The second-order valence-electron chi connectivity index (χ2n) is 5.50. The third-order valence-corrected chi connectivity index (χ3v) is 4.06. The normalized spacial score (nSPS) is 22.4. The van der Waals surface area contributed by atoms with E-state index in [1.165, 1.54) is 0 Å². The van der Waals surface area contributed by atoms with Crippen LogP contribution in [0.2, 0.25) is 0 Å². The molecule has 22 heavy (non-hydrogen) atoms. The number of nitrogens with one attached hydrogen (secondary N) is 1. The van der Waals surface area contributed by atoms with Gasteiger partial charge in [-0.05, 0) is 31.4 Å². The third kappa shape index (κ3) is 2.64. The Kier molecular flexibility index (Phi) is 3.75. The average Bonchev–Trinajstić information content (AvgIpc) is 2.94. The largest absolute Gasteiger partial charge is 0.481 e. The van der Waals surface area contributed by atoms with E-state index < -0.39 is 17.8 Å². The predicted octanol–water partition coefficient (Wildman–Crippen LogP) is 2.33. The van der Waals surface area contributed by atoms with E-state index in [2.05, 4.69) is 5.32 Å². The first-order chi connectivity index (χ1) is 10.6. The minimum atomic E-state index is -0.938. The van der Waals surface area contributed by atoms with E-state index in [0.717, 1.165) is 5.56 Å². The number of hydrogen-bond donors (Lipinski definition) is 2. The van der Waals surface area contributed by atoms with Gasteiger partial charge in [0.15, 0.2) is 11.5 Å². The Hall–Kier alpha value is -2.50. The quantitative estimate of drug-likeness (QED) is 0.837. The summed E-state index contributed by atoms with van der Waals surface area (Å²) in [6.45, 7) is 2.02. The number of allylic oxidation sites excluding steroid dienone is 2. The van der Waals surface area contributed by atoms with Crippen molar-refractivity contribution >= 4 is 17.6 Å². The van der Waals surface area contributed by atoms with Crippen LogP contribution in [-0.4, -0.2) is 23.8 Å². The number of aryl methyl sites for hydroxylation is 1. The molecule has 0 bridgehead atoms. The van der Waals surface area contributed by atoms with E-state index in [9.17, 15) is 14.7 Å². The smallest absolute Gasteiger partial charge is 0.307 e. The van der Waals surface area contributed by atoms with E-state index in [-0.39, 0.29) is 12.7 Å². The monoisotopic (exact) mass is 303 g/mol. The van der Waals surface area contributed by atoms with Crippen molar-refractivity contribution < 1.29 is 24.2 Å². The van der Waals surface area contributed by atoms with Crippen LogP contribution in [0.1, 0.15) is 18.4 Å². The summed E-state index contributed by atoms with van der Waals surface area (Å²) in [4.78, 5) is 23.7. The molecule has 2 aliphatic rings. The van der Waals surface area contributed by atoms with E-state index in [1.54, 1.807) is 12.1 Å². The van der Waals surface area contributed by atoms with Crippen LogP contribution in [0.5, 0.6) is 11.5 Å². The van der Waals surface area contributed by atoms with E-state index >= 15 is 0 Å². The lowest BCUT2D eigenvalue weighted by molar-refractivity contribution is -0.146. The zero-order valence-electron chi connectivity index (χ0n) is 12.2. The lowest BCUT2D eigenvalue weighted by Crippen LogP contribution is -2.34. The van der Waals surface area contributed by atoms with Crippen molar-refractivity contribution in [1.82, 2.24) is 0 Å². The highest BCUT2D eigenvalue weighted by molar-refractivity contribution is 5.96. The summed E-state index contributed by atoms with van der Waals surface area (Å²) in [5.41, 5.74) is 1.46. The summed E-state index contributed by atoms with van der Waals surface area (Å²) < 4.78 is 10.6. The topological polar surface area (TPSA) is 84.9 Å². The predicted molar refractivity (Wildman–Crippen MR) is 78.9 cm³/mol. The molecule has 2 N–H and O–H groups in total. The number of carboxylic acids is 1. The molecule has 1 heterocycles. The molecule has 0 spiro atoms. The summed E-state index contributed by atoms with van der Waals surface area (Å²) >= 11 is 0. The standard InChI is InChI=1S/C16H17NO5/c1-9-6-13-14(22-8-21-13)7-12(9)17-15(18)10-4-2-3-5-11(10)16(19)20/h2-3,6-7,10-11H,4-5,8H2,1H3,(H,17,18)(H,19,20). The molecule has 1 aliphatic heterocycles. The molecule has 1 aliphatic carbocycles. The Bertz CT molecular complexity index is 652. The summed E-state index contributed by atoms with van der Waals surface area (Å²) in [6, 6.07) is 3.51. The van der Waals surface area contributed by atoms with Crippen molar-refractivity contribution in [2.75, 3.05) is 12.1 Å². The van der Waals surface area contributed by atoms with Crippen LogP contribution in [-0.2, 0) is 9.59 Å². The third-order valence-electron chi connectivity index (χ3n) is 4.06. The number of carbonyl (C=O) groups is 2. The second-order valence-corrected chi connectivity index (χ2v) is 5.50. The number of anilines is 1. The summed E-state index contributed by atoms with van der Waals surface area (Å²) in [6.07, 6.45) is 4.49. The number of ether oxygens (including phenoxy) is 2. The molecule has 3 rings (SSSR count). The molecule has 0 radical (unpaired) electrons. The molecule has 6 nitrogen and oxygen atoms in total. The fourth-order valence-corrected chi connectivity index (χ4v) is 2.78. The van der Waals surface area contributed by atoms with Gasteiger partial charge in [-0.15, -0.1) is 0 Å². The molecule has 2 atom stereocenters. The number of amides is 1. The van der Waals surface area contributed by atoms with Crippen LogP contribution in [0.15, 0.2) is 24.3 Å². The molecule has 116 valence electrons. The number of hydrogen-bond acceptors (Lipinski definition) is 4. The molecule has 1 amide bonds. The minimum absolute atomic E-state index is 0.167. The first-order valence-corrected chi connectivity index (χ1v) is 7.15. The first-order valence-electron chi connectivity index (χ1n) is 7.15. The zero-order valence-corrected chi connectivity index (χ0v) is 12.2. The average molecular weight is 303 g/mol. The van der Waals surface area contributed by atoms with Gasteiger partial charge in [-0.2, -0.15) is 0 Å². The van der Waals surface area contributed by atoms with Crippen LogP contribution in [0.25, 0.3) is 0 Å². The molecule has 1 aromatic rings. The highest BCUT2D eigenvalue weighted by Gasteiger charge is 2.34. The van der Waals surface area contributed by atoms with Gasteiger partial charge in [-0.3, -0.25) is 9.59 Å². The fourth-order valence-electron chi connectivity index (χ4n) is 2.78. The number of carbonyl (C=O) groups excluding carboxylic acids is 1. The van der Waals surface area contributed by atoms with Crippen molar-refractivity contribution in [2.24, 2.45) is 11.8 Å². The van der Waals surface area contributed by atoms with Gasteiger partial charge in [0.1, 0.15) is 0 Å². The van der Waals surface area contributed by atoms with Crippen LogP contribution < -0.4 is 14.8 Å². The van der Waals surface area contributed by atoms with Crippen molar-refractivity contribution in [3.05, 3.63) is 29.8 Å². The van der Waals surface area contributed by atoms with Gasteiger partial charge in [0, 0.05) is 11.8 Å². The zero-order chi connectivity index (χ0) is 15.7. The highest BCUT2D eigenvalue weighted by atomic mass is 16.7. The Morgan fingerprint density at radius 2 is 1.77 bits per heavy atom. The van der Waals surface area contributed by atoms with Gasteiger partial charge in [-0.1, -0.05) is 12.2 Å². The highest BCUT2D eigenvalue weighted by Crippen LogP contribution is 2.37. The van der Waals surface area contributed by atoms with Crippen LogP contribution in [0.4, 0.5) is 5.69 Å². The second kappa shape index (κ2) is 5.71. The van der Waals surface area contributed by atoms with Gasteiger partial charge in [0.2, 0.25) is 12.7 Å². The Labute approximate surface area is 127 Å². The van der Waals surface area contributed by atoms with Crippen LogP contribution in [0, 0.1) is 18.8 Å². The lowest BCUT2D eigenvalue weighted by atomic mass is 9.82.